The molecule has 120 valence electrons. The highest BCUT2D eigenvalue weighted by Crippen LogP contribution is 2.09. The largest absolute Gasteiger partial charge is 0.227 e. The molecular formula is C15H27N3O2S. The summed E-state index contributed by atoms with van der Waals surface area (Å²) < 4.78 is 26.4. The Kier molecular flexibility index (Phi) is 12.0. The van der Waals surface area contributed by atoms with Gasteiger partial charge in [-0.2, -0.15) is 10.5 Å². The molecule has 21 heavy (non-hydrogen) atoms. The molecule has 0 saturated carbocycles. The number of nitriles is 2. The summed E-state index contributed by atoms with van der Waals surface area (Å²) in [5.74, 6) is 0. The van der Waals surface area contributed by atoms with Crippen LogP contribution in [0.15, 0.2) is 0 Å². The van der Waals surface area contributed by atoms with Crippen molar-refractivity contribution in [1.29, 1.82) is 10.5 Å². The van der Waals surface area contributed by atoms with Crippen molar-refractivity contribution in [3.05, 3.63) is 0 Å². The predicted molar refractivity (Wildman–Crippen MR) is 83.8 cm³/mol. The van der Waals surface area contributed by atoms with E-state index < -0.39 is 15.3 Å². The zero-order valence-corrected chi connectivity index (χ0v) is 13.8. The highest BCUT2D eigenvalue weighted by atomic mass is 32.2. The summed E-state index contributed by atoms with van der Waals surface area (Å²) in [6.07, 6.45) is 8.59. The van der Waals surface area contributed by atoms with E-state index >= 15 is 0 Å². The van der Waals surface area contributed by atoms with Crippen LogP contribution < -0.4 is 4.72 Å². The van der Waals surface area contributed by atoms with E-state index in [2.05, 4.69) is 10.8 Å². The first kappa shape index (κ1) is 19.9. The topological polar surface area (TPSA) is 93.8 Å². The van der Waals surface area contributed by atoms with Crippen molar-refractivity contribution in [2.45, 2.75) is 76.4 Å². The number of nitrogens with zero attached hydrogens (tertiary/aromatic N) is 2. The van der Waals surface area contributed by atoms with Crippen molar-refractivity contribution in [1.82, 2.24) is 4.72 Å². The Bertz CT molecular complexity index is 435. The SMILES string of the molecule is CCCCC(C#N)S(=O)(=O)NCCCCCCCCC#N. The van der Waals surface area contributed by atoms with Crippen LogP contribution in [0.5, 0.6) is 0 Å². The van der Waals surface area contributed by atoms with E-state index in [1.807, 2.05) is 13.0 Å². The highest BCUT2D eigenvalue weighted by Gasteiger charge is 2.23. The molecular weight excluding hydrogens is 286 g/mol. The molecule has 0 aromatic heterocycles. The molecule has 1 N–H and O–H groups in total. The van der Waals surface area contributed by atoms with E-state index in [1.165, 1.54) is 0 Å². The second-order valence-electron chi connectivity index (χ2n) is 5.23. The molecule has 0 amide bonds. The summed E-state index contributed by atoms with van der Waals surface area (Å²) in [7, 11) is -3.50. The highest BCUT2D eigenvalue weighted by molar-refractivity contribution is 7.90. The minimum atomic E-state index is -3.50. The van der Waals surface area contributed by atoms with E-state index in [1.54, 1.807) is 0 Å². The van der Waals surface area contributed by atoms with E-state index in [-0.39, 0.29) is 0 Å². The van der Waals surface area contributed by atoms with Gasteiger partial charge in [-0.1, -0.05) is 45.4 Å². The van der Waals surface area contributed by atoms with Gasteiger partial charge in [-0.15, -0.1) is 0 Å². The van der Waals surface area contributed by atoms with Crippen molar-refractivity contribution < 1.29 is 8.42 Å². The first-order chi connectivity index (χ1) is 10.1. The lowest BCUT2D eigenvalue weighted by molar-refractivity contribution is 0.555. The Morgan fingerprint density at radius 3 is 2.19 bits per heavy atom. The van der Waals surface area contributed by atoms with Gasteiger partial charge in [0.2, 0.25) is 10.0 Å². The Labute approximate surface area is 129 Å². The van der Waals surface area contributed by atoms with Gasteiger partial charge in [0.25, 0.3) is 0 Å². The van der Waals surface area contributed by atoms with Gasteiger partial charge in [-0.05, 0) is 19.3 Å². The molecule has 0 aromatic carbocycles. The first-order valence-electron chi connectivity index (χ1n) is 7.83. The maximum absolute atomic E-state index is 11.9. The Hall–Kier alpha value is -1.11. The van der Waals surface area contributed by atoms with Gasteiger partial charge in [0.05, 0.1) is 12.1 Å². The summed E-state index contributed by atoms with van der Waals surface area (Å²) in [5.41, 5.74) is 0. The second-order valence-corrected chi connectivity index (χ2v) is 7.18. The maximum atomic E-state index is 11.9. The molecule has 0 heterocycles. The number of hydrogen-bond acceptors (Lipinski definition) is 4. The van der Waals surface area contributed by atoms with Crippen LogP contribution in [0.4, 0.5) is 0 Å². The molecule has 0 aliphatic rings. The minimum absolute atomic E-state index is 0.404. The van der Waals surface area contributed by atoms with Crippen molar-refractivity contribution in [3.8, 4) is 12.1 Å². The van der Waals surface area contributed by atoms with Crippen LogP contribution in [0.2, 0.25) is 0 Å². The molecule has 0 radical (unpaired) electrons. The average molecular weight is 313 g/mol. The summed E-state index contributed by atoms with van der Waals surface area (Å²) >= 11 is 0. The fourth-order valence-corrected chi connectivity index (χ4v) is 3.28. The van der Waals surface area contributed by atoms with Crippen LogP contribution in [0, 0.1) is 22.7 Å². The fourth-order valence-electron chi connectivity index (χ4n) is 2.03. The van der Waals surface area contributed by atoms with Crippen molar-refractivity contribution >= 4 is 10.0 Å². The van der Waals surface area contributed by atoms with Crippen molar-refractivity contribution in [2.75, 3.05) is 6.54 Å². The van der Waals surface area contributed by atoms with Gasteiger partial charge >= 0.3 is 0 Å². The van der Waals surface area contributed by atoms with Crippen LogP contribution >= 0.6 is 0 Å². The lowest BCUT2D eigenvalue weighted by Crippen LogP contribution is -2.34. The van der Waals surface area contributed by atoms with Crippen LogP contribution in [-0.2, 0) is 10.0 Å². The van der Waals surface area contributed by atoms with E-state index in [0.717, 1.165) is 51.4 Å². The normalized spacial score (nSPS) is 12.5. The summed E-state index contributed by atoms with van der Waals surface area (Å²) in [6, 6.07) is 4.00. The van der Waals surface area contributed by atoms with Gasteiger partial charge in [-0.3, -0.25) is 0 Å². The lowest BCUT2D eigenvalue weighted by Gasteiger charge is -2.11. The van der Waals surface area contributed by atoms with Gasteiger partial charge in [0, 0.05) is 13.0 Å². The van der Waals surface area contributed by atoms with Crippen LogP contribution in [0.3, 0.4) is 0 Å². The molecule has 6 heteroatoms. The summed E-state index contributed by atoms with van der Waals surface area (Å²) in [5, 5.41) is 16.4. The first-order valence-corrected chi connectivity index (χ1v) is 9.38. The van der Waals surface area contributed by atoms with E-state index in [0.29, 0.717) is 19.4 Å². The molecule has 0 saturated heterocycles. The summed E-state index contributed by atoms with van der Waals surface area (Å²) in [4.78, 5) is 0. The number of rotatable bonds is 13. The smallest absolute Gasteiger partial charge is 0.214 e. The number of unbranched alkanes of at least 4 members (excludes halogenated alkanes) is 7. The van der Waals surface area contributed by atoms with Gasteiger partial charge in [-0.25, -0.2) is 13.1 Å². The van der Waals surface area contributed by atoms with Gasteiger partial charge in [0.15, 0.2) is 5.25 Å². The third-order valence-electron chi connectivity index (χ3n) is 3.36. The molecule has 5 nitrogen and oxygen atoms in total. The molecule has 0 fully saturated rings. The third kappa shape index (κ3) is 10.3. The number of sulfonamides is 1. The Balaban J connectivity index is 3.75. The van der Waals surface area contributed by atoms with Crippen LogP contribution in [-0.4, -0.2) is 20.2 Å². The molecule has 1 unspecified atom stereocenters. The monoisotopic (exact) mass is 313 g/mol. The zero-order valence-electron chi connectivity index (χ0n) is 13.0. The fraction of sp³-hybridized carbons (Fsp3) is 0.867. The Morgan fingerprint density at radius 2 is 1.62 bits per heavy atom. The molecule has 0 aliphatic heterocycles. The number of nitrogens with one attached hydrogen (secondary N) is 1. The van der Waals surface area contributed by atoms with Crippen molar-refractivity contribution in [2.24, 2.45) is 0 Å². The van der Waals surface area contributed by atoms with Crippen molar-refractivity contribution in [3.63, 3.8) is 0 Å². The minimum Gasteiger partial charge on any atom is -0.214 e. The molecule has 0 bridgehead atoms. The van der Waals surface area contributed by atoms with Crippen LogP contribution in [0.25, 0.3) is 0 Å². The van der Waals surface area contributed by atoms with Gasteiger partial charge in [0.1, 0.15) is 0 Å². The summed E-state index contributed by atoms with van der Waals surface area (Å²) in [6.45, 7) is 2.38. The quantitative estimate of drug-likeness (QED) is 0.528. The molecule has 0 spiro atoms. The van der Waals surface area contributed by atoms with E-state index in [4.69, 9.17) is 10.5 Å². The Morgan fingerprint density at radius 1 is 1.00 bits per heavy atom. The maximum Gasteiger partial charge on any atom is 0.227 e. The second kappa shape index (κ2) is 12.6. The van der Waals surface area contributed by atoms with Gasteiger partial charge < -0.3 is 0 Å². The predicted octanol–water partition coefficient (Wildman–Crippen LogP) is 3.24. The standard InChI is InChI=1S/C15H27N3O2S/c1-2-3-11-15(14-17)21(19,20)18-13-10-8-6-4-5-7-9-12-16/h15,18H,2-11,13H2,1H3. The molecule has 1 atom stereocenters. The molecule has 0 aromatic rings. The van der Waals surface area contributed by atoms with E-state index in [9.17, 15) is 8.42 Å². The lowest BCUT2D eigenvalue weighted by atomic mass is 10.1. The molecule has 0 rings (SSSR count). The zero-order chi connectivity index (χ0) is 16.0. The third-order valence-corrected chi connectivity index (χ3v) is 5.05. The average Bonchev–Trinajstić information content (AvgIpc) is 2.46. The number of hydrogen-bond donors (Lipinski definition) is 1. The van der Waals surface area contributed by atoms with Crippen LogP contribution in [0.1, 0.15) is 71.1 Å². The molecule has 0 aliphatic carbocycles.